The Bertz CT molecular complexity index is 909. The molecule has 2 aromatic rings. The average molecular weight is 371 g/mol. The Balaban J connectivity index is 1.65. The number of carbonyl (C=O) groups is 1. The van der Waals surface area contributed by atoms with Crippen molar-refractivity contribution in [3.05, 3.63) is 64.7 Å². The number of carbonyl (C=O) groups excluding carboxylic acids is 1. The SMILES string of the molecule is COc1ccc([C@H]2N=C3OC(c4ccc(Cl)cc4)=NN3C(=O)[C@H]2N)cc1. The van der Waals surface area contributed by atoms with Crippen LogP contribution in [0.15, 0.2) is 58.6 Å². The predicted molar refractivity (Wildman–Crippen MR) is 97.1 cm³/mol. The van der Waals surface area contributed by atoms with Crippen molar-refractivity contribution in [1.29, 1.82) is 0 Å². The third kappa shape index (κ3) is 2.81. The largest absolute Gasteiger partial charge is 0.497 e. The first-order valence-corrected chi connectivity index (χ1v) is 8.28. The van der Waals surface area contributed by atoms with Gasteiger partial charge in [0, 0.05) is 10.6 Å². The molecule has 7 nitrogen and oxygen atoms in total. The summed E-state index contributed by atoms with van der Waals surface area (Å²) in [7, 11) is 1.59. The van der Waals surface area contributed by atoms with E-state index < -0.39 is 12.1 Å². The Labute approximate surface area is 154 Å². The van der Waals surface area contributed by atoms with Crippen molar-refractivity contribution >= 4 is 29.4 Å². The van der Waals surface area contributed by atoms with Crippen LogP contribution >= 0.6 is 11.6 Å². The number of aliphatic imine (C=N–C) groups is 1. The van der Waals surface area contributed by atoms with E-state index in [9.17, 15) is 4.79 Å². The fourth-order valence-corrected chi connectivity index (χ4v) is 2.90. The van der Waals surface area contributed by atoms with Gasteiger partial charge in [-0.25, -0.2) is 4.99 Å². The van der Waals surface area contributed by atoms with Crippen molar-refractivity contribution in [2.45, 2.75) is 12.1 Å². The molecule has 0 radical (unpaired) electrons. The molecule has 2 aliphatic heterocycles. The maximum absolute atomic E-state index is 12.6. The van der Waals surface area contributed by atoms with Gasteiger partial charge in [0.25, 0.3) is 5.91 Å². The molecule has 0 aromatic heterocycles. The number of amides is 1. The third-order valence-corrected chi connectivity index (χ3v) is 4.44. The van der Waals surface area contributed by atoms with Crippen LogP contribution in [-0.2, 0) is 9.53 Å². The van der Waals surface area contributed by atoms with E-state index in [1.165, 1.54) is 0 Å². The Kier molecular flexibility index (Phi) is 4.10. The van der Waals surface area contributed by atoms with E-state index in [0.29, 0.717) is 16.3 Å². The van der Waals surface area contributed by atoms with E-state index in [1.54, 1.807) is 43.5 Å². The van der Waals surface area contributed by atoms with Gasteiger partial charge in [0.2, 0.25) is 5.90 Å². The quantitative estimate of drug-likeness (QED) is 0.897. The number of nitrogens with two attached hydrogens (primary N) is 1. The second-order valence-corrected chi connectivity index (χ2v) is 6.26. The highest BCUT2D eigenvalue weighted by Gasteiger charge is 2.42. The first kappa shape index (κ1) is 16.6. The molecule has 2 aliphatic rings. The van der Waals surface area contributed by atoms with E-state index in [4.69, 9.17) is 26.8 Å². The number of hydrogen-bond donors (Lipinski definition) is 1. The van der Waals surface area contributed by atoms with Gasteiger partial charge in [-0.2, -0.15) is 0 Å². The molecule has 1 amide bonds. The van der Waals surface area contributed by atoms with Crippen LogP contribution in [0, 0.1) is 0 Å². The van der Waals surface area contributed by atoms with Crippen molar-refractivity contribution < 1.29 is 14.3 Å². The Morgan fingerprint density at radius 3 is 2.50 bits per heavy atom. The zero-order valence-electron chi connectivity index (χ0n) is 13.8. The van der Waals surface area contributed by atoms with Crippen molar-refractivity contribution in [1.82, 2.24) is 5.01 Å². The van der Waals surface area contributed by atoms with E-state index >= 15 is 0 Å². The van der Waals surface area contributed by atoms with Gasteiger partial charge < -0.3 is 15.2 Å². The molecular weight excluding hydrogens is 356 g/mol. The number of halogens is 1. The highest BCUT2D eigenvalue weighted by Crippen LogP contribution is 2.30. The number of hydrazone groups is 1. The molecule has 0 spiro atoms. The van der Waals surface area contributed by atoms with Crippen molar-refractivity contribution in [2.75, 3.05) is 7.11 Å². The molecule has 2 atom stereocenters. The maximum Gasteiger partial charge on any atom is 0.323 e. The first-order chi connectivity index (χ1) is 12.6. The Hall–Kier alpha value is -2.90. The van der Waals surface area contributed by atoms with Crippen LogP contribution in [0.2, 0.25) is 5.02 Å². The number of ether oxygens (including phenoxy) is 2. The Morgan fingerprint density at radius 2 is 1.85 bits per heavy atom. The molecule has 8 heteroatoms. The first-order valence-electron chi connectivity index (χ1n) is 7.90. The molecule has 2 N–H and O–H groups in total. The van der Waals surface area contributed by atoms with Gasteiger partial charge in [-0.1, -0.05) is 23.7 Å². The molecular formula is C18H15ClN4O3. The van der Waals surface area contributed by atoms with Crippen molar-refractivity contribution in [2.24, 2.45) is 15.8 Å². The molecule has 0 saturated heterocycles. The average Bonchev–Trinajstić information content (AvgIpc) is 3.10. The summed E-state index contributed by atoms with van der Waals surface area (Å²) in [6.07, 6.45) is 0. The topological polar surface area (TPSA) is 89.5 Å². The number of benzene rings is 2. The fourth-order valence-electron chi connectivity index (χ4n) is 2.78. The minimum atomic E-state index is -0.857. The number of amidine groups is 1. The zero-order chi connectivity index (χ0) is 18.3. The van der Waals surface area contributed by atoms with Crippen molar-refractivity contribution in [3.63, 3.8) is 0 Å². The molecule has 2 aromatic carbocycles. The molecule has 26 heavy (non-hydrogen) atoms. The van der Waals surface area contributed by atoms with Gasteiger partial charge in [-0.05, 0) is 42.0 Å². The lowest BCUT2D eigenvalue weighted by Crippen LogP contribution is -2.49. The highest BCUT2D eigenvalue weighted by atomic mass is 35.5. The number of fused-ring (bicyclic) bond motifs is 1. The summed E-state index contributed by atoms with van der Waals surface area (Å²) >= 11 is 5.90. The Morgan fingerprint density at radius 1 is 1.15 bits per heavy atom. The van der Waals surface area contributed by atoms with Crippen LogP contribution in [-0.4, -0.2) is 36.0 Å². The molecule has 0 saturated carbocycles. The smallest absolute Gasteiger partial charge is 0.323 e. The minimum absolute atomic E-state index is 0.113. The van der Waals surface area contributed by atoms with Gasteiger partial charge in [0.1, 0.15) is 17.8 Å². The summed E-state index contributed by atoms with van der Waals surface area (Å²) in [5, 5.41) is 5.90. The molecule has 2 heterocycles. The monoisotopic (exact) mass is 370 g/mol. The molecule has 0 unspecified atom stereocenters. The summed E-state index contributed by atoms with van der Waals surface area (Å²) in [5.74, 6) is 0.611. The minimum Gasteiger partial charge on any atom is -0.497 e. The van der Waals surface area contributed by atoms with Gasteiger partial charge in [0.15, 0.2) is 0 Å². The highest BCUT2D eigenvalue weighted by molar-refractivity contribution is 6.30. The summed E-state index contributed by atoms with van der Waals surface area (Å²) in [6.45, 7) is 0. The van der Waals surface area contributed by atoms with Gasteiger partial charge >= 0.3 is 6.02 Å². The molecule has 0 aliphatic carbocycles. The third-order valence-electron chi connectivity index (χ3n) is 4.19. The molecule has 0 bridgehead atoms. The lowest BCUT2D eigenvalue weighted by atomic mass is 9.98. The summed E-state index contributed by atoms with van der Waals surface area (Å²) in [4.78, 5) is 17.1. The number of rotatable bonds is 3. The van der Waals surface area contributed by atoms with Gasteiger partial charge in [-0.15, -0.1) is 10.1 Å². The second-order valence-electron chi connectivity index (χ2n) is 5.82. The van der Waals surface area contributed by atoms with Crippen LogP contribution in [0.25, 0.3) is 0 Å². The summed E-state index contributed by atoms with van der Waals surface area (Å²) < 4.78 is 10.8. The molecule has 132 valence electrons. The number of methoxy groups -OCH3 is 1. The van der Waals surface area contributed by atoms with E-state index in [0.717, 1.165) is 10.6 Å². The zero-order valence-corrected chi connectivity index (χ0v) is 14.6. The van der Waals surface area contributed by atoms with E-state index in [1.807, 2.05) is 12.1 Å². The normalized spacial score (nSPS) is 21.7. The summed E-state index contributed by atoms with van der Waals surface area (Å²) in [5.41, 5.74) is 7.60. The fraction of sp³-hybridized carbons (Fsp3) is 0.167. The van der Waals surface area contributed by atoms with E-state index in [2.05, 4.69) is 10.1 Å². The predicted octanol–water partition coefficient (Wildman–Crippen LogP) is 2.31. The van der Waals surface area contributed by atoms with E-state index in [-0.39, 0.29) is 17.8 Å². The van der Waals surface area contributed by atoms with Gasteiger partial charge in [-0.3, -0.25) is 4.79 Å². The lowest BCUT2D eigenvalue weighted by molar-refractivity contribution is -0.130. The second kappa shape index (κ2) is 6.44. The number of hydrogen-bond acceptors (Lipinski definition) is 6. The number of nitrogens with zero attached hydrogens (tertiary/aromatic N) is 3. The lowest BCUT2D eigenvalue weighted by Gasteiger charge is -2.27. The summed E-state index contributed by atoms with van der Waals surface area (Å²) in [6, 6.07) is 12.9. The maximum atomic E-state index is 12.6. The van der Waals surface area contributed by atoms with Gasteiger partial charge in [0.05, 0.1) is 7.11 Å². The van der Waals surface area contributed by atoms with Crippen LogP contribution in [0.4, 0.5) is 0 Å². The standard InChI is InChI=1S/C18H15ClN4O3/c1-25-13-8-4-10(5-9-13)15-14(20)17(24)23-18(21-15)26-16(22-23)11-2-6-12(19)7-3-11/h2-9,14-15H,20H2,1H3/t14-,15+/m0/s1. The molecule has 0 fully saturated rings. The van der Waals surface area contributed by atoms with Crippen LogP contribution in [0.5, 0.6) is 5.75 Å². The molecule has 4 rings (SSSR count). The van der Waals surface area contributed by atoms with Crippen LogP contribution in [0.3, 0.4) is 0 Å². The van der Waals surface area contributed by atoms with Crippen molar-refractivity contribution in [3.8, 4) is 5.75 Å². The van der Waals surface area contributed by atoms with Crippen LogP contribution in [0.1, 0.15) is 17.2 Å². The van der Waals surface area contributed by atoms with Crippen LogP contribution < -0.4 is 10.5 Å².